The zero-order valence-electron chi connectivity index (χ0n) is 15.2. The molecule has 0 aliphatic carbocycles. The molecule has 1 aromatic carbocycles. The van der Waals surface area contributed by atoms with E-state index in [1.54, 1.807) is 7.05 Å². The normalized spacial score (nSPS) is 11.0. The first-order chi connectivity index (χ1) is 13.2. The second-order valence-electron chi connectivity index (χ2n) is 5.70. The number of fused-ring (bicyclic) bond motifs is 1. The molecule has 28 heavy (non-hydrogen) atoms. The number of hydrogen-bond donors (Lipinski definition) is 3. The molecule has 0 bridgehead atoms. The number of aliphatic imine (C=N–C) groups is 1. The fourth-order valence-electron chi connectivity index (χ4n) is 2.45. The summed E-state index contributed by atoms with van der Waals surface area (Å²) in [5.41, 5.74) is 1.56. The smallest absolute Gasteiger partial charge is 0.226 e. The molecule has 0 unspecified atom stereocenters. The summed E-state index contributed by atoms with van der Waals surface area (Å²) in [5, 5.41) is 17.4. The number of carbonyl (C=O) groups excluding carboxylic acids is 1. The highest BCUT2D eigenvalue weighted by Gasteiger charge is 2.07. The van der Waals surface area contributed by atoms with Crippen molar-refractivity contribution in [3.05, 3.63) is 59.0 Å². The number of benzene rings is 1. The van der Waals surface area contributed by atoms with Crippen molar-refractivity contribution in [3.8, 4) is 0 Å². The standard InChI is InChI=1S/C18H20BrN7O.HI/c1-20-18(22-12-16-25-24-15-4-2-3-11-26(15)16)21-10-9-17(27)23-14-7-5-13(19)6-8-14;/h2-8,11H,9-10,12H2,1H3,(H,23,27)(H2,20,21,22);1H. The minimum atomic E-state index is -0.0660. The summed E-state index contributed by atoms with van der Waals surface area (Å²) in [5.74, 6) is 1.31. The maximum absolute atomic E-state index is 12.0. The summed E-state index contributed by atoms with van der Waals surface area (Å²) < 4.78 is 2.88. The Morgan fingerprint density at radius 1 is 1.14 bits per heavy atom. The lowest BCUT2D eigenvalue weighted by Gasteiger charge is -2.11. The molecule has 2 heterocycles. The summed E-state index contributed by atoms with van der Waals surface area (Å²) in [6.45, 7) is 0.929. The SMILES string of the molecule is CN=C(NCCC(=O)Nc1ccc(Br)cc1)NCc1nnc2ccccn12.I. The fourth-order valence-corrected chi connectivity index (χ4v) is 2.71. The van der Waals surface area contributed by atoms with Gasteiger partial charge >= 0.3 is 0 Å². The second kappa shape index (κ2) is 11.0. The summed E-state index contributed by atoms with van der Waals surface area (Å²) in [6, 6.07) is 13.2. The van der Waals surface area contributed by atoms with E-state index in [4.69, 9.17) is 0 Å². The molecule has 3 rings (SSSR count). The Bertz CT molecular complexity index is 943. The molecule has 0 aliphatic heterocycles. The minimum Gasteiger partial charge on any atom is -0.356 e. The Morgan fingerprint density at radius 3 is 2.68 bits per heavy atom. The van der Waals surface area contributed by atoms with Gasteiger partial charge in [-0.05, 0) is 36.4 Å². The van der Waals surface area contributed by atoms with E-state index in [0.29, 0.717) is 25.5 Å². The van der Waals surface area contributed by atoms with Crippen molar-refractivity contribution in [3.63, 3.8) is 0 Å². The van der Waals surface area contributed by atoms with Crippen LogP contribution in [-0.4, -0.2) is 40.1 Å². The summed E-state index contributed by atoms with van der Waals surface area (Å²) >= 11 is 3.37. The molecule has 1 amide bonds. The van der Waals surface area contributed by atoms with Crippen molar-refractivity contribution in [1.82, 2.24) is 25.2 Å². The van der Waals surface area contributed by atoms with Crippen molar-refractivity contribution in [2.24, 2.45) is 4.99 Å². The Labute approximate surface area is 188 Å². The molecule has 2 aromatic heterocycles. The number of nitrogens with one attached hydrogen (secondary N) is 3. The number of hydrogen-bond acceptors (Lipinski definition) is 4. The number of nitrogens with zero attached hydrogens (tertiary/aromatic N) is 4. The number of aromatic nitrogens is 3. The number of rotatable bonds is 6. The van der Waals surface area contributed by atoms with Gasteiger partial charge in [0.05, 0.1) is 6.54 Å². The third-order valence-electron chi connectivity index (χ3n) is 3.79. The highest BCUT2D eigenvalue weighted by molar-refractivity contribution is 14.0. The van der Waals surface area contributed by atoms with E-state index in [2.05, 4.69) is 47.1 Å². The number of guanidine groups is 1. The molecular formula is C18H21BrIN7O. The quantitative estimate of drug-likeness (QED) is 0.246. The fraction of sp³-hybridized carbons (Fsp3) is 0.222. The van der Waals surface area contributed by atoms with Gasteiger partial charge in [-0.3, -0.25) is 14.2 Å². The van der Waals surface area contributed by atoms with Crippen molar-refractivity contribution in [1.29, 1.82) is 0 Å². The van der Waals surface area contributed by atoms with Gasteiger partial charge in [0.15, 0.2) is 17.4 Å². The largest absolute Gasteiger partial charge is 0.356 e. The van der Waals surface area contributed by atoms with Crippen molar-refractivity contribution in [2.75, 3.05) is 18.9 Å². The molecule has 10 heteroatoms. The molecule has 3 aromatic rings. The van der Waals surface area contributed by atoms with Gasteiger partial charge in [-0.25, -0.2) is 0 Å². The van der Waals surface area contributed by atoms with E-state index in [9.17, 15) is 4.79 Å². The van der Waals surface area contributed by atoms with Gasteiger partial charge in [-0.15, -0.1) is 34.2 Å². The number of anilines is 1. The molecule has 0 aliphatic rings. The molecule has 0 atom stereocenters. The van der Waals surface area contributed by atoms with Crippen LogP contribution in [0.1, 0.15) is 12.2 Å². The first kappa shape index (κ1) is 22.1. The van der Waals surface area contributed by atoms with E-state index in [0.717, 1.165) is 21.6 Å². The summed E-state index contributed by atoms with van der Waals surface area (Å²) in [6.07, 6.45) is 2.24. The molecule has 148 valence electrons. The van der Waals surface area contributed by atoms with Crippen LogP contribution in [0.4, 0.5) is 5.69 Å². The van der Waals surface area contributed by atoms with Crippen LogP contribution in [0.15, 0.2) is 58.1 Å². The Balaban J connectivity index is 0.00000280. The highest BCUT2D eigenvalue weighted by atomic mass is 127. The average Bonchev–Trinajstić information content (AvgIpc) is 3.09. The van der Waals surface area contributed by atoms with E-state index < -0.39 is 0 Å². The van der Waals surface area contributed by atoms with Crippen LogP contribution in [0.3, 0.4) is 0 Å². The van der Waals surface area contributed by atoms with Crippen molar-refractivity contribution < 1.29 is 4.79 Å². The molecule has 0 radical (unpaired) electrons. The van der Waals surface area contributed by atoms with Crippen LogP contribution in [0.25, 0.3) is 5.65 Å². The third kappa shape index (κ3) is 6.16. The molecule has 8 nitrogen and oxygen atoms in total. The lowest BCUT2D eigenvalue weighted by molar-refractivity contribution is -0.116. The Morgan fingerprint density at radius 2 is 1.93 bits per heavy atom. The first-order valence-corrected chi connectivity index (χ1v) is 9.23. The van der Waals surface area contributed by atoms with Crippen LogP contribution >= 0.6 is 39.9 Å². The van der Waals surface area contributed by atoms with E-state index in [1.807, 2.05) is 53.1 Å². The number of amides is 1. The highest BCUT2D eigenvalue weighted by Crippen LogP contribution is 2.14. The predicted octanol–water partition coefficient (Wildman–Crippen LogP) is 2.80. The number of carbonyl (C=O) groups is 1. The second-order valence-corrected chi connectivity index (χ2v) is 6.62. The Hall–Kier alpha value is -2.21. The van der Waals surface area contributed by atoms with Crippen LogP contribution in [0, 0.1) is 0 Å². The van der Waals surface area contributed by atoms with E-state index >= 15 is 0 Å². The van der Waals surface area contributed by atoms with Gasteiger partial charge in [-0.1, -0.05) is 22.0 Å². The zero-order valence-corrected chi connectivity index (χ0v) is 19.1. The molecule has 0 saturated heterocycles. The van der Waals surface area contributed by atoms with Gasteiger partial charge in [-0.2, -0.15) is 0 Å². The maximum Gasteiger partial charge on any atom is 0.226 e. The van der Waals surface area contributed by atoms with E-state index in [-0.39, 0.29) is 29.9 Å². The molecule has 3 N–H and O–H groups in total. The van der Waals surface area contributed by atoms with Gasteiger partial charge in [0.2, 0.25) is 5.91 Å². The molecule has 0 fully saturated rings. The first-order valence-electron chi connectivity index (χ1n) is 8.44. The molecule has 0 saturated carbocycles. The molecule has 0 spiro atoms. The van der Waals surface area contributed by atoms with Crippen LogP contribution in [-0.2, 0) is 11.3 Å². The third-order valence-corrected chi connectivity index (χ3v) is 4.32. The van der Waals surface area contributed by atoms with Gasteiger partial charge in [0.1, 0.15) is 0 Å². The lowest BCUT2D eigenvalue weighted by Crippen LogP contribution is -2.38. The molecular weight excluding hydrogens is 537 g/mol. The van der Waals surface area contributed by atoms with E-state index in [1.165, 1.54) is 0 Å². The monoisotopic (exact) mass is 557 g/mol. The minimum absolute atomic E-state index is 0. The van der Waals surface area contributed by atoms with Gasteiger partial charge in [0, 0.05) is 36.4 Å². The van der Waals surface area contributed by atoms with Crippen LogP contribution < -0.4 is 16.0 Å². The van der Waals surface area contributed by atoms with Crippen molar-refractivity contribution in [2.45, 2.75) is 13.0 Å². The van der Waals surface area contributed by atoms with Gasteiger partial charge < -0.3 is 16.0 Å². The summed E-state index contributed by atoms with van der Waals surface area (Å²) in [4.78, 5) is 16.2. The predicted molar refractivity (Wildman–Crippen MR) is 124 cm³/mol. The maximum atomic E-state index is 12.0. The number of halogens is 2. The van der Waals surface area contributed by atoms with Crippen LogP contribution in [0.5, 0.6) is 0 Å². The summed E-state index contributed by atoms with van der Waals surface area (Å²) in [7, 11) is 1.68. The number of pyridine rings is 1. The van der Waals surface area contributed by atoms with Crippen molar-refractivity contribution >= 4 is 63.1 Å². The zero-order chi connectivity index (χ0) is 19.1. The topological polar surface area (TPSA) is 95.7 Å². The lowest BCUT2D eigenvalue weighted by atomic mass is 10.3. The van der Waals surface area contributed by atoms with Crippen LogP contribution in [0.2, 0.25) is 0 Å². The Kier molecular flexibility index (Phi) is 8.64. The van der Waals surface area contributed by atoms with Gasteiger partial charge in [0.25, 0.3) is 0 Å². The average molecular weight is 558 g/mol.